The predicted molar refractivity (Wildman–Crippen MR) is 200 cm³/mol. The van der Waals surface area contributed by atoms with E-state index >= 15 is 0 Å². The van der Waals surface area contributed by atoms with Crippen LogP contribution in [0.5, 0.6) is 0 Å². The van der Waals surface area contributed by atoms with E-state index in [1.807, 2.05) is 84.9 Å². The van der Waals surface area contributed by atoms with Crippen molar-refractivity contribution in [2.45, 2.75) is 0 Å². The number of hydrogen-bond donors (Lipinski definition) is 0. The highest BCUT2D eigenvalue weighted by Gasteiger charge is 2.20. The Morgan fingerprint density at radius 1 is 0.383 bits per heavy atom. The van der Waals surface area contributed by atoms with Gasteiger partial charge in [-0.2, -0.15) is 0 Å². The second kappa shape index (κ2) is 10.2. The molecule has 0 spiro atoms. The van der Waals surface area contributed by atoms with E-state index in [0.717, 1.165) is 38.1 Å². The summed E-state index contributed by atoms with van der Waals surface area (Å²) in [5.41, 5.74) is 4.67. The smallest absolute Gasteiger partial charge is 0.136 e. The van der Waals surface area contributed by atoms with Crippen molar-refractivity contribution < 1.29 is 15.4 Å². The largest absolute Gasteiger partial charge is 0.456 e. The first-order valence-corrected chi connectivity index (χ1v) is 15.5. The van der Waals surface area contributed by atoms with Gasteiger partial charge >= 0.3 is 0 Å². The zero-order valence-corrected chi connectivity index (χ0v) is 25.0. The van der Waals surface area contributed by atoms with Crippen molar-refractivity contribution in [3.8, 4) is 33.4 Å². The summed E-state index contributed by atoms with van der Waals surface area (Å²) in [4.78, 5) is 0. The van der Waals surface area contributed by atoms with Crippen LogP contribution >= 0.6 is 0 Å². The molecule has 0 bridgehead atoms. The van der Waals surface area contributed by atoms with Gasteiger partial charge in [-0.3, -0.25) is 0 Å². The molecule has 1 aromatic heterocycles. The molecule has 0 atom stereocenters. The summed E-state index contributed by atoms with van der Waals surface area (Å²) < 4.78 is 79.5. The Bertz CT molecular complexity index is 3230. The van der Waals surface area contributed by atoms with Crippen LogP contribution < -0.4 is 0 Å². The Balaban J connectivity index is 1.41. The van der Waals surface area contributed by atoms with Crippen molar-refractivity contribution in [1.82, 2.24) is 0 Å². The van der Waals surface area contributed by atoms with Crippen molar-refractivity contribution >= 4 is 65.0 Å². The lowest BCUT2D eigenvalue weighted by molar-refractivity contribution is 0.669. The standard InChI is InChI=1S/C46H28O/c1-2-16-32-30(13-1)28-41(34-18-4-3-17-33(32)34)29-14-11-15-31(27-29)44-35-19-5-7-21-37(35)45(38-22-8-6-20-36(38)44)40-24-12-26-43-46(40)39-23-9-10-25-42(39)47-43/h1-28H/i5D,6D,7D,8D,19D,20D,21D,22D. The molecule has 0 aliphatic heterocycles. The molecule has 0 aliphatic carbocycles. The molecule has 0 saturated carbocycles. The minimum Gasteiger partial charge on any atom is -0.456 e. The zero-order valence-electron chi connectivity index (χ0n) is 33.0. The van der Waals surface area contributed by atoms with Crippen LogP contribution in [0.25, 0.3) is 98.4 Å². The number of benzene rings is 9. The van der Waals surface area contributed by atoms with Crippen LogP contribution in [0.4, 0.5) is 0 Å². The molecular formula is C46H28O. The van der Waals surface area contributed by atoms with Gasteiger partial charge in [0.25, 0.3) is 0 Å². The van der Waals surface area contributed by atoms with E-state index in [0.29, 0.717) is 38.8 Å². The van der Waals surface area contributed by atoms with Crippen molar-refractivity contribution in [1.29, 1.82) is 0 Å². The van der Waals surface area contributed by atoms with E-state index in [-0.39, 0.29) is 45.7 Å². The van der Waals surface area contributed by atoms with Crippen LogP contribution in [-0.4, -0.2) is 0 Å². The average Bonchev–Trinajstić information content (AvgIpc) is 3.61. The first-order valence-electron chi connectivity index (χ1n) is 19.5. The summed E-state index contributed by atoms with van der Waals surface area (Å²) in [6.07, 6.45) is 0. The molecule has 0 aliphatic rings. The molecule has 0 saturated heterocycles. The van der Waals surface area contributed by atoms with Gasteiger partial charge in [0.1, 0.15) is 11.2 Å². The number of rotatable bonds is 3. The predicted octanol–water partition coefficient (Wildman–Crippen LogP) is 13.2. The molecule has 218 valence electrons. The van der Waals surface area contributed by atoms with Gasteiger partial charge in [0.15, 0.2) is 0 Å². The second-order valence-corrected chi connectivity index (χ2v) is 11.8. The number of fused-ring (bicyclic) bond motifs is 8. The third kappa shape index (κ3) is 3.90. The van der Waals surface area contributed by atoms with Gasteiger partial charge in [-0.25, -0.2) is 0 Å². The lowest BCUT2D eigenvalue weighted by atomic mass is 9.84. The first kappa shape index (κ1) is 19.4. The molecule has 1 heterocycles. The quantitative estimate of drug-likeness (QED) is 0.144. The molecule has 1 nitrogen and oxygen atoms in total. The van der Waals surface area contributed by atoms with Gasteiger partial charge in [0.05, 0.1) is 11.0 Å². The van der Waals surface area contributed by atoms with E-state index in [4.69, 9.17) is 9.90 Å². The van der Waals surface area contributed by atoms with Crippen molar-refractivity contribution in [2.75, 3.05) is 0 Å². The summed E-state index contributed by atoms with van der Waals surface area (Å²) in [5.74, 6) is 0. The topological polar surface area (TPSA) is 13.1 Å². The number of hydrogen-bond acceptors (Lipinski definition) is 1. The molecule has 10 rings (SSSR count). The molecular weight excluding hydrogens is 569 g/mol. The zero-order chi connectivity index (χ0) is 37.9. The Hall–Kier alpha value is -6.18. The minimum atomic E-state index is -0.439. The normalized spacial score (nSPS) is 14.2. The Kier molecular flexibility index (Phi) is 4.19. The molecule has 47 heavy (non-hydrogen) atoms. The highest BCUT2D eigenvalue weighted by Crippen LogP contribution is 2.47. The molecule has 0 fully saturated rings. The molecule has 1 heteroatoms. The lowest BCUT2D eigenvalue weighted by Gasteiger charge is -2.19. The molecule has 10 aromatic rings. The minimum absolute atomic E-state index is 0.165. The van der Waals surface area contributed by atoms with E-state index in [1.165, 1.54) is 0 Å². The summed E-state index contributed by atoms with van der Waals surface area (Å²) in [6.45, 7) is 0. The Labute approximate surface area is 283 Å². The Morgan fingerprint density at radius 3 is 1.72 bits per heavy atom. The van der Waals surface area contributed by atoms with Crippen LogP contribution in [0.1, 0.15) is 11.0 Å². The van der Waals surface area contributed by atoms with Crippen molar-refractivity contribution in [3.63, 3.8) is 0 Å². The highest BCUT2D eigenvalue weighted by molar-refractivity contribution is 6.25. The molecule has 0 N–H and O–H groups in total. The fourth-order valence-electron chi connectivity index (χ4n) is 7.30. The monoisotopic (exact) mass is 604 g/mol. The fourth-order valence-corrected chi connectivity index (χ4v) is 7.30. The molecule has 0 amide bonds. The lowest BCUT2D eigenvalue weighted by Crippen LogP contribution is -1.92. The highest BCUT2D eigenvalue weighted by atomic mass is 16.3. The third-order valence-corrected chi connectivity index (χ3v) is 9.28. The maximum absolute atomic E-state index is 9.45. The maximum atomic E-state index is 9.45. The summed E-state index contributed by atoms with van der Waals surface area (Å²) in [7, 11) is 0. The van der Waals surface area contributed by atoms with Crippen LogP contribution in [-0.2, 0) is 0 Å². The van der Waals surface area contributed by atoms with Crippen LogP contribution in [0.15, 0.2) is 174 Å². The van der Waals surface area contributed by atoms with Crippen molar-refractivity contribution in [2.24, 2.45) is 0 Å². The van der Waals surface area contributed by atoms with Gasteiger partial charge < -0.3 is 4.42 Å². The van der Waals surface area contributed by atoms with Gasteiger partial charge in [0.2, 0.25) is 0 Å². The Morgan fingerprint density at radius 2 is 0.957 bits per heavy atom. The van der Waals surface area contributed by atoms with Crippen LogP contribution in [0.3, 0.4) is 0 Å². The molecule has 0 radical (unpaired) electrons. The molecule has 0 unspecified atom stereocenters. The van der Waals surface area contributed by atoms with E-state index < -0.39 is 24.2 Å². The fraction of sp³-hybridized carbons (Fsp3) is 0. The summed E-state index contributed by atoms with van der Waals surface area (Å²) in [5, 5.41) is 6.43. The van der Waals surface area contributed by atoms with Crippen LogP contribution in [0.2, 0.25) is 0 Å². The SMILES string of the molecule is [2H]c1c([2H])c([2H])c2c(-c3cccc4oc5ccccc5c34)c3c([2H])c([2H])c([2H])c([2H])c3c(-c3cccc(-c4cc5ccccc5c5ccccc45)c3)c2c1[2H]. The van der Waals surface area contributed by atoms with Gasteiger partial charge in [-0.05, 0) is 101 Å². The van der Waals surface area contributed by atoms with Crippen LogP contribution in [0, 0.1) is 0 Å². The summed E-state index contributed by atoms with van der Waals surface area (Å²) >= 11 is 0. The van der Waals surface area contributed by atoms with E-state index in [9.17, 15) is 5.48 Å². The van der Waals surface area contributed by atoms with Crippen molar-refractivity contribution in [3.05, 3.63) is 170 Å². The van der Waals surface area contributed by atoms with Gasteiger partial charge in [-0.1, -0.05) is 145 Å². The number of furan rings is 1. The summed E-state index contributed by atoms with van der Waals surface area (Å²) in [6, 6.07) is 36.2. The molecule has 9 aromatic carbocycles. The first-order chi connectivity index (χ1) is 26.7. The van der Waals surface area contributed by atoms with E-state index in [1.54, 1.807) is 6.07 Å². The van der Waals surface area contributed by atoms with Gasteiger partial charge in [0, 0.05) is 10.8 Å². The number of para-hydroxylation sites is 1. The average molecular weight is 605 g/mol. The van der Waals surface area contributed by atoms with E-state index in [2.05, 4.69) is 30.3 Å². The van der Waals surface area contributed by atoms with Gasteiger partial charge in [-0.15, -0.1) is 0 Å². The third-order valence-electron chi connectivity index (χ3n) is 9.28. The second-order valence-electron chi connectivity index (χ2n) is 11.8. The maximum Gasteiger partial charge on any atom is 0.136 e.